The van der Waals surface area contributed by atoms with E-state index in [0.717, 1.165) is 12.8 Å². The molecule has 2 amide bonds. The van der Waals surface area contributed by atoms with Crippen LogP contribution in [-0.4, -0.2) is 35.3 Å². The number of amides is 2. The Kier molecular flexibility index (Phi) is 4.50. The van der Waals surface area contributed by atoms with Gasteiger partial charge in [0.05, 0.1) is 17.9 Å². The van der Waals surface area contributed by atoms with E-state index in [1.165, 1.54) is 31.9 Å². The lowest BCUT2D eigenvalue weighted by atomic mass is 10.1. The molecule has 2 aliphatic rings. The summed E-state index contributed by atoms with van der Waals surface area (Å²) in [6.45, 7) is 2.42. The summed E-state index contributed by atoms with van der Waals surface area (Å²) in [5, 5.41) is 2.98. The first-order chi connectivity index (χ1) is 10.6. The molecule has 2 fully saturated rings. The number of carbonyl (C=O) groups excluding carboxylic acids is 2. The highest BCUT2D eigenvalue weighted by Crippen LogP contribution is 2.26. The summed E-state index contributed by atoms with van der Waals surface area (Å²) in [6, 6.07) is 1.95. The molecule has 0 unspecified atom stereocenters. The van der Waals surface area contributed by atoms with Gasteiger partial charge in [-0.25, -0.2) is 0 Å². The van der Waals surface area contributed by atoms with Gasteiger partial charge in [-0.15, -0.1) is 0 Å². The third kappa shape index (κ3) is 3.18. The second-order valence-corrected chi connectivity index (χ2v) is 6.46. The van der Waals surface area contributed by atoms with Crippen molar-refractivity contribution in [3.63, 3.8) is 0 Å². The first kappa shape index (κ1) is 15.1. The number of likely N-dealkylation sites (tertiary alicyclic amines) is 1. The van der Waals surface area contributed by atoms with Gasteiger partial charge in [-0.3, -0.25) is 9.59 Å². The zero-order valence-electron chi connectivity index (χ0n) is 13.1. The maximum atomic E-state index is 12.3. The van der Waals surface area contributed by atoms with Crippen LogP contribution < -0.4 is 5.32 Å². The Morgan fingerprint density at radius 1 is 1.27 bits per heavy atom. The molecule has 0 aromatic carbocycles. The van der Waals surface area contributed by atoms with Crippen molar-refractivity contribution >= 4 is 11.8 Å². The Balaban J connectivity index is 1.59. The summed E-state index contributed by atoms with van der Waals surface area (Å²) in [5.41, 5.74) is 0.556. The summed E-state index contributed by atoms with van der Waals surface area (Å²) < 4.78 is 5.16. The number of furan rings is 1. The van der Waals surface area contributed by atoms with E-state index in [4.69, 9.17) is 4.42 Å². The molecule has 1 saturated heterocycles. The van der Waals surface area contributed by atoms with Crippen LogP contribution in [-0.2, 0) is 4.79 Å². The zero-order chi connectivity index (χ0) is 15.5. The molecule has 1 saturated carbocycles. The van der Waals surface area contributed by atoms with Crippen LogP contribution in [0.3, 0.4) is 0 Å². The Morgan fingerprint density at radius 3 is 2.64 bits per heavy atom. The van der Waals surface area contributed by atoms with Crippen LogP contribution in [0.4, 0.5) is 0 Å². The average molecular weight is 304 g/mol. The molecule has 3 rings (SSSR count). The van der Waals surface area contributed by atoms with Crippen molar-refractivity contribution in [2.75, 3.05) is 6.54 Å². The SMILES string of the molecule is Cc1occc1C(=O)N[C@@H]1CC(=O)N(C2CCCCCC2)C1. The molecule has 1 aliphatic heterocycles. The molecular weight excluding hydrogens is 280 g/mol. The number of hydrogen-bond donors (Lipinski definition) is 1. The maximum Gasteiger partial charge on any atom is 0.255 e. The van der Waals surface area contributed by atoms with Crippen molar-refractivity contribution in [2.24, 2.45) is 0 Å². The lowest BCUT2D eigenvalue weighted by Gasteiger charge is -2.27. The minimum Gasteiger partial charge on any atom is -0.469 e. The van der Waals surface area contributed by atoms with Gasteiger partial charge < -0.3 is 14.6 Å². The second kappa shape index (κ2) is 6.55. The molecule has 0 spiro atoms. The predicted molar refractivity (Wildman–Crippen MR) is 82.5 cm³/mol. The molecule has 1 atom stereocenters. The molecule has 0 bridgehead atoms. The zero-order valence-corrected chi connectivity index (χ0v) is 13.1. The molecular formula is C17H24N2O3. The van der Waals surface area contributed by atoms with Crippen molar-refractivity contribution in [2.45, 2.75) is 64.0 Å². The normalized spacial score (nSPS) is 23.6. The predicted octanol–water partition coefficient (Wildman–Crippen LogP) is 2.64. The van der Waals surface area contributed by atoms with Crippen LogP contribution in [0, 0.1) is 6.92 Å². The summed E-state index contributed by atoms with van der Waals surface area (Å²) in [6.07, 6.45) is 9.11. The summed E-state index contributed by atoms with van der Waals surface area (Å²) >= 11 is 0. The number of carbonyl (C=O) groups is 2. The molecule has 5 nitrogen and oxygen atoms in total. The van der Waals surface area contributed by atoms with Gasteiger partial charge in [-0.05, 0) is 25.8 Å². The Hall–Kier alpha value is -1.78. The smallest absolute Gasteiger partial charge is 0.255 e. The number of aryl methyl sites for hydroxylation is 1. The number of hydrogen-bond acceptors (Lipinski definition) is 3. The van der Waals surface area contributed by atoms with E-state index in [1.807, 2.05) is 4.90 Å². The lowest BCUT2D eigenvalue weighted by molar-refractivity contribution is -0.129. The summed E-state index contributed by atoms with van der Waals surface area (Å²) in [7, 11) is 0. The molecule has 0 radical (unpaired) electrons. The second-order valence-electron chi connectivity index (χ2n) is 6.46. The van der Waals surface area contributed by atoms with Crippen LogP contribution in [0.15, 0.2) is 16.7 Å². The van der Waals surface area contributed by atoms with Crippen molar-refractivity contribution in [1.82, 2.24) is 10.2 Å². The van der Waals surface area contributed by atoms with Crippen molar-refractivity contribution < 1.29 is 14.0 Å². The van der Waals surface area contributed by atoms with Gasteiger partial charge in [0.1, 0.15) is 5.76 Å². The van der Waals surface area contributed by atoms with Crippen LogP contribution in [0.1, 0.15) is 61.1 Å². The lowest BCUT2D eigenvalue weighted by Crippen LogP contribution is -2.40. The van der Waals surface area contributed by atoms with E-state index in [-0.39, 0.29) is 17.9 Å². The average Bonchev–Trinajstić information content (AvgIpc) is 2.95. The van der Waals surface area contributed by atoms with Crippen LogP contribution in [0.25, 0.3) is 0 Å². The number of nitrogens with zero attached hydrogens (tertiary/aromatic N) is 1. The fourth-order valence-electron chi connectivity index (χ4n) is 3.63. The molecule has 1 aliphatic carbocycles. The molecule has 2 heterocycles. The summed E-state index contributed by atoms with van der Waals surface area (Å²) in [5.74, 6) is 0.648. The standard InChI is InChI=1S/C17H24N2O3/c1-12-15(8-9-22-12)17(21)18-13-10-16(20)19(11-13)14-6-4-2-3-5-7-14/h8-9,13-14H,2-7,10-11H2,1H3,(H,18,21)/t13-/m1/s1. The van der Waals surface area contributed by atoms with Gasteiger partial charge in [0.15, 0.2) is 0 Å². The number of rotatable bonds is 3. The van der Waals surface area contributed by atoms with Gasteiger partial charge in [-0.1, -0.05) is 25.7 Å². The Labute approximate surface area is 131 Å². The maximum absolute atomic E-state index is 12.3. The highest BCUT2D eigenvalue weighted by molar-refractivity contribution is 5.95. The van der Waals surface area contributed by atoms with Gasteiger partial charge >= 0.3 is 0 Å². The fraction of sp³-hybridized carbons (Fsp3) is 0.647. The quantitative estimate of drug-likeness (QED) is 0.873. The summed E-state index contributed by atoms with van der Waals surface area (Å²) in [4.78, 5) is 26.5. The Morgan fingerprint density at radius 2 is 2.00 bits per heavy atom. The number of nitrogens with one attached hydrogen (secondary N) is 1. The molecule has 5 heteroatoms. The highest BCUT2D eigenvalue weighted by atomic mass is 16.3. The fourth-order valence-corrected chi connectivity index (χ4v) is 3.63. The monoisotopic (exact) mass is 304 g/mol. The molecule has 120 valence electrons. The third-order valence-electron chi connectivity index (χ3n) is 4.86. The van der Waals surface area contributed by atoms with E-state index in [9.17, 15) is 9.59 Å². The minimum atomic E-state index is -0.147. The molecule has 22 heavy (non-hydrogen) atoms. The van der Waals surface area contributed by atoms with Crippen LogP contribution in [0.2, 0.25) is 0 Å². The van der Waals surface area contributed by atoms with E-state index in [1.54, 1.807) is 13.0 Å². The van der Waals surface area contributed by atoms with Crippen molar-refractivity contribution in [3.05, 3.63) is 23.7 Å². The first-order valence-corrected chi connectivity index (χ1v) is 8.29. The van der Waals surface area contributed by atoms with E-state index >= 15 is 0 Å². The topological polar surface area (TPSA) is 62.6 Å². The highest BCUT2D eigenvalue weighted by Gasteiger charge is 2.35. The van der Waals surface area contributed by atoms with Crippen LogP contribution >= 0.6 is 0 Å². The van der Waals surface area contributed by atoms with Gasteiger partial charge in [0, 0.05) is 19.0 Å². The molecule has 1 N–H and O–H groups in total. The van der Waals surface area contributed by atoms with Gasteiger partial charge in [0.25, 0.3) is 5.91 Å². The van der Waals surface area contributed by atoms with E-state index in [0.29, 0.717) is 30.3 Å². The van der Waals surface area contributed by atoms with E-state index < -0.39 is 0 Å². The third-order valence-corrected chi connectivity index (χ3v) is 4.86. The first-order valence-electron chi connectivity index (χ1n) is 8.29. The minimum absolute atomic E-state index is 0.0856. The van der Waals surface area contributed by atoms with Gasteiger partial charge in [-0.2, -0.15) is 0 Å². The van der Waals surface area contributed by atoms with Crippen molar-refractivity contribution in [3.8, 4) is 0 Å². The molecule has 1 aromatic rings. The van der Waals surface area contributed by atoms with E-state index in [2.05, 4.69) is 5.32 Å². The Bertz CT molecular complexity index is 544. The van der Waals surface area contributed by atoms with Crippen molar-refractivity contribution in [1.29, 1.82) is 0 Å². The largest absolute Gasteiger partial charge is 0.469 e. The molecule has 1 aromatic heterocycles. The van der Waals surface area contributed by atoms with Gasteiger partial charge in [0.2, 0.25) is 5.91 Å². The van der Waals surface area contributed by atoms with Crippen LogP contribution in [0.5, 0.6) is 0 Å².